The van der Waals surface area contributed by atoms with E-state index in [1.165, 1.54) is 12.1 Å². The molecule has 1 aliphatic heterocycles. The van der Waals surface area contributed by atoms with Crippen molar-refractivity contribution in [1.29, 1.82) is 0 Å². The molecule has 1 aromatic carbocycles. The lowest BCUT2D eigenvalue weighted by atomic mass is 10.1. The second-order valence-corrected chi connectivity index (χ2v) is 6.60. The summed E-state index contributed by atoms with van der Waals surface area (Å²) in [6.07, 6.45) is 0.656. The fourth-order valence-corrected chi connectivity index (χ4v) is 3.61. The molecule has 0 spiro atoms. The lowest BCUT2D eigenvalue weighted by molar-refractivity contribution is -0.134. The Kier molecular flexibility index (Phi) is 5.02. The van der Waals surface area contributed by atoms with Gasteiger partial charge in [0.1, 0.15) is 11.6 Å². The van der Waals surface area contributed by atoms with E-state index in [1.807, 2.05) is 18.7 Å². The van der Waals surface area contributed by atoms with Crippen LogP contribution in [0.4, 0.5) is 8.78 Å². The van der Waals surface area contributed by atoms with E-state index >= 15 is 0 Å². The standard InChI is InChI=1S/C15H19F2NOS/c1-10(2)15(19)18-6-5-14(20-8-7-18)12-9-11(16)3-4-13(12)17/h3-4,9-10,14H,5-8H2,1-2H3. The average molecular weight is 299 g/mol. The van der Waals surface area contributed by atoms with Gasteiger partial charge < -0.3 is 4.90 Å². The second kappa shape index (κ2) is 6.57. The molecule has 1 amide bonds. The molecule has 0 aliphatic carbocycles. The molecule has 1 fully saturated rings. The third-order valence-corrected chi connectivity index (χ3v) is 4.76. The molecule has 0 radical (unpaired) electrons. The molecule has 2 nitrogen and oxygen atoms in total. The van der Waals surface area contributed by atoms with Gasteiger partial charge in [0.2, 0.25) is 5.91 Å². The molecule has 0 N–H and O–H groups in total. The summed E-state index contributed by atoms with van der Waals surface area (Å²) in [4.78, 5) is 13.8. The van der Waals surface area contributed by atoms with E-state index in [4.69, 9.17) is 0 Å². The van der Waals surface area contributed by atoms with Gasteiger partial charge in [-0.2, -0.15) is 11.8 Å². The molecule has 1 unspecified atom stereocenters. The van der Waals surface area contributed by atoms with Crippen molar-refractivity contribution in [3.63, 3.8) is 0 Å². The zero-order valence-corrected chi connectivity index (χ0v) is 12.6. The largest absolute Gasteiger partial charge is 0.342 e. The Morgan fingerprint density at radius 3 is 2.80 bits per heavy atom. The van der Waals surface area contributed by atoms with Crippen molar-refractivity contribution in [2.45, 2.75) is 25.5 Å². The van der Waals surface area contributed by atoms with Gasteiger partial charge in [-0.1, -0.05) is 13.8 Å². The van der Waals surface area contributed by atoms with Gasteiger partial charge >= 0.3 is 0 Å². The number of rotatable bonds is 2. The van der Waals surface area contributed by atoms with Crippen molar-refractivity contribution in [2.24, 2.45) is 5.92 Å². The molecular formula is C15H19F2NOS. The Bertz CT molecular complexity index is 493. The van der Waals surface area contributed by atoms with Crippen molar-refractivity contribution in [3.8, 4) is 0 Å². The third kappa shape index (κ3) is 3.51. The molecule has 1 saturated heterocycles. The van der Waals surface area contributed by atoms with E-state index in [-0.39, 0.29) is 22.9 Å². The minimum atomic E-state index is -0.415. The molecule has 5 heteroatoms. The van der Waals surface area contributed by atoms with Crippen LogP contribution in [-0.4, -0.2) is 29.6 Å². The van der Waals surface area contributed by atoms with E-state index in [0.29, 0.717) is 25.1 Å². The fourth-order valence-electron chi connectivity index (χ4n) is 2.37. The highest BCUT2D eigenvalue weighted by Gasteiger charge is 2.25. The Morgan fingerprint density at radius 1 is 1.35 bits per heavy atom. The summed E-state index contributed by atoms with van der Waals surface area (Å²) >= 11 is 1.59. The van der Waals surface area contributed by atoms with E-state index in [0.717, 1.165) is 11.8 Å². The molecule has 0 bridgehead atoms. The number of amides is 1. The highest BCUT2D eigenvalue weighted by molar-refractivity contribution is 7.99. The van der Waals surface area contributed by atoms with Gasteiger partial charge in [-0.3, -0.25) is 4.79 Å². The van der Waals surface area contributed by atoms with Gasteiger partial charge in [0.05, 0.1) is 0 Å². The van der Waals surface area contributed by atoms with Crippen LogP contribution in [0.25, 0.3) is 0 Å². The summed E-state index contributed by atoms with van der Waals surface area (Å²) in [6, 6.07) is 3.58. The lowest BCUT2D eigenvalue weighted by Gasteiger charge is -2.22. The number of carbonyl (C=O) groups excluding carboxylic acids is 1. The van der Waals surface area contributed by atoms with Gasteiger partial charge in [0.25, 0.3) is 0 Å². The highest BCUT2D eigenvalue weighted by atomic mass is 32.2. The van der Waals surface area contributed by atoms with Gasteiger partial charge in [0, 0.05) is 35.6 Å². The first-order valence-corrected chi connectivity index (χ1v) is 7.89. The summed E-state index contributed by atoms with van der Waals surface area (Å²) < 4.78 is 27.1. The number of thioether (sulfide) groups is 1. The first kappa shape index (κ1) is 15.3. The number of nitrogens with zero attached hydrogens (tertiary/aromatic N) is 1. The van der Waals surface area contributed by atoms with Crippen LogP contribution in [0.3, 0.4) is 0 Å². The van der Waals surface area contributed by atoms with Crippen molar-refractivity contribution >= 4 is 17.7 Å². The zero-order valence-electron chi connectivity index (χ0n) is 11.7. The first-order chi connectivity index (χ1) is 9.49. The maximum Gasteiger partial charge on any atom is 0.225 e. The molecule has 1 aromatic rings. The quantitative estimate of drug-likeness (QED) is 0.831. The molecular weight excluding hydrogens is 280 g/mol. The van der Waals surface area contributed by atoms with E-state index in [1.54, 1.807) is 11.8 Å². The van der Waals surface area contributed by atoms with Gasteiger partial charge in [-0.15, -0.1) is 0 Å². The second-order valence-electron chi connectivity index (χ2n) is 5.29. The van der Waals surface area contributed by atoms with Crippen LogP contribution in [0.1, 0.15) is 31.1 Å². The number of carbonyl (C=O) groups is 1. The van der Waals surface area contributed by atoms with Crippen LogP contribution >= 0.6 is 11.8 Å². The summed E-state index contributed by atoms with van der Waals surface area (Å²) in [5.74, 6) is 0.0707. The Hall–Kier alpha value is -1.10. The Labute approximate surface area is 122 Å². The van der Waals surface area contributed by atoms with Crippen LogP contribution in [-0.2, 0) is 4.79 Å². The minimum Gasteiger partial charge on any atom is -0.342 e. The number of halogens is 2. The number of benzene rings is 1. The topological polar surface area (TPSA) is 20.3 Å². The summed E-state index contributed by atoms with van der Waals surface area (Å²) in [5, 5.41) is -0.0873. The smallest absolute Gasteiger partial charge is 0.225 e. The van der Waals surface area contributed by atoms with Crippen molar-refractivity contribution in [2.75, 3.05) is 18.8 Å². The van der Waals surface area contributed by atoms with E-state index < -0.39 is 5.82 Å². The Morgan fingerprint density at radius 2 is 2.10 bits per heavy atom. The average Bonchev–Trinajstić information content (AvgIpc) is 2.66. The number of hydrogen-bond donors (Lipinski definition) is 0. The maximum absolute atomic E-state index is 13.8. The summed E-state index contributed by atoms with van der Waals surface area (Å²) in [6.45, 7) is 5.04. The molecule has 1 aliphatic rings. The lowest BCUT2D eigenvalue weighted by Crippen LogP contribution is -2.35. The predicted molar refractivity (Wildman–Crippen MR) is 77.6 cm³/mol. The van der Waals surface area contributed by atoms with Crippen molar-refractivity contribution < 1.29 is 13.6 Å². The molecule has 110 valence electrons. The molecule has 0 saturated carbocycles. The predicted octanol–water partition coefficient (Wildman–Crippen LogP) is 3.63. The Balaban J connectivity index is 2.09. The van der Waals surface area contributed by atoms with Crippen LogP contribution in [0.2, 0.25) is 0 Å². The molecule has 0 aromatic heterocycles. The van der Waals surface area contributed by atoms with Crippen LogP contribution in [0.5, 0.6) is 0 Å². The monoisotopic (exact) mass is 299 g/mol. The van der Waals surface area contributed by atoms with Crippen molar-refractivity contribution in [1.82, 2.24) is 4.90 Å². The number of hydrogen-bond acceptors (Lipinski definition) is 2. The zero-order chi connectivity index (χ0) is 14.7. The van der Waals surface area contributed by atoms with Crippen LogP contribution < -0.4 is 0 Å². The van der Waals surface area contributed by atoms with Gasteiger partial charge in [-0.05, 0) is 24.6 Å². The molecule has 1 atom stereocenters. The van der Waals surface area contributed by atoms with Gasteiger partial charge in [0.15, 0.2) is 0 Å². The molecule has 20 heavy (non-hydrogen) atoms. The minimum absolute atomic E-state index is 0.0255. The molecule has 2 rings (SSSR count). The van der Waals surface area contributed by atoms with E-state index in [9.17, 15) is 13.6 Å². The normalized spacial score (nSPS) is 20.1. The SMILES string of the molecule is CC(C)C(=O)N1CCSC(c2cc(F)ccc2F)CC1. The van der Waals surface area contributed by atoms with Crippen molar-refractivity contribution in [3.05, 3.63) is 35.4 Å². The highest BCUT2D eigenvalue weighted by Crippen LogP contribution is 2.36. The summed E-state index contributed by atoms with van der Waals surface area (Å²) in [5.41, 5.74) is 0.411. The van der Waals surface area contributed by atoms with Crippen LogP contribution in [0.15, 0.2) is 18.2 Å². The van der Waals surface area contributed by atoms with Crippen LogP contribution in [0, 0.1) is 17.6 Å². The van der Waals surface area contributed by atoms with Gasteiger partial charge in [-0.25, -0.2) is 8.78 Å². The van der Waals surface area contributed by atoms with E-state index in [2.05, 4.69) is 0 Å². The fraction of sp³-hybridized carbons (Fsp3) is 0.533. The first-order valence-electron chi connectivity index (χ1n) is 6.84. The third-order valence-electron chi connectivity index (χ3n) is 3.45. The molecule has 1 heterocycles. The maximum atomic E-state index is 13.8. The summed E-state index contributed by atoms with van der Waals surface area (Å²) in [7, 11) is 0.